The Bertz CT molecular complexity index is 466. The van der Waals surface area contributed by atoms with Crippen LogP contribution < -0.4 is 10.6 Å². The lowest BCUT2D eigenvalue weighted by Gasteiger charge is -2.41. The van der Waals surface area contributed by atoms with Gasteiger partial charge < -0.3 is 10.6 Å². The fraction of sp³-hybridized carbons (Fsp3) is 0.933. The zero-order chi connectivity index (χ0) is 16.1. The Balaban J connectivity index is 1.64. The zero-order valence-electron chi connectivity index (χ0n) is 13.9. The third-order valence-corrected chi connectivity index (χ3v) is 6.79. The van der Waals surface area contributed by atoms with Crippen molar-refractivity contribution in [1.82, 2.24) is 15.5 Å². The predicted octanol–water partition coefficient (Wildman–Crippen LogP) is 0.462. The summed E-state index contributed by atoms with van der Waals surface area (Å²) < 4.78 is 22.8. The maximum atomic E-state index is 11.4. The molecule has 0 radical (unpaired) electrons. The highest BCUT2D eigenvalue weighted by atomic mass is 32.2. The van der Waals surface area contributed by atoms with E-state index in [0.717, 1.165) is 25.6 Å². The highest BCUT2D eigenvalue weighted by Crippen LogP contribution is 2.42. The Hall–Kier alpha value is -0.820. The van der Waals surface area contributed by atoms with Crippen LogP contribution in [0.3, 0.4) is 0 Å². The van der Waals surface area contributed by atoms with E-state index in [1.54, 1.807) is 7.05 Å². The first-order chi connectivity index (χ1) is 10.5. The molecule has 1 saturated heterocycles. The van der Waals surface area contributed by atoms with Gasteiger partial charge in [0.15, 0.2) is 15.8 Å². The van der Waals surface area contributed by atoms with Crippen LogP contribution in [0.2, 0.25) is 0 Å². The SMILES string of the molecule is CCC1(CNC(=NC)NCCN2CCS(=O)(=O)CC2)CCC1. The quantitative estimate of drug-likeness (QED) is 0.547. The van der Waals surface area contributed by atoms with Gasteiger partial charge in [0.2, 0.25) is 0 Å². The average molecular weight is 330 g/mol. The largest absolute Gasteiger partial charge is 0.356 e. The molecule has 0 aromatic heterocycles. The molecule has 2 rings (SSSR count). The summed E-state index contributed by atoms with van der Waals surface area (Å²) >= 11 is 0. The number of sulfone groups is 1. The van der Waals surface area contributed by atoms with Crippen molar-refractivity contribution in [3.63, 3.8) is 0 Å². The van der Waals surface area contributed by atoms with Gasteiger partial charge in [0.1, 0.15) is 0 Å². The van der Waals surface area contributed by atoms with Crippen molar-refractivity contribution < 1.29 is 8.42 Å². The van der Waals surface area contributed by atoms with E-state index in [9.17, 15) is 8.42 Å². The first-order valence-corrected chi connectivity index (χ1v) is 10.2. The third-order valence-electron chi connectivity index (χ3n) is 5.18. The van der Waals surface area contributed by atoms with Crippen LogP contribution in [-0.2, 0) is 9.84 Å². The molecule has 7 heteroatoms. The molecule has 0 aromatic rings. The molecule has 0 aromatic carbocycles. The minimum atomic E-state index is -2.78. The van der Waals surface area contributed by atoms with Crippen LogP contribution in [0.25, 0.3) is 0 Å². The van der Waals surface area contributed by atoms with Gasteiger partial charge in [-0.15, -0.1) is 0 Å². The summed E-state index contributed by atoms with van der Waals surface area (Å²) in [6.45, 7) is 6.20. The van der Waals surface area contributed by atoms with Gasteiger partial charge in [0, 0.05) is 39.8 Å². The topological polar surface area (TPSA) is 73.8 Å². The zero-order valence-corrected chi connectivity index (χ0v) is 14.7. The van der Waals surface area contributed by atoms with Gasteiger partial charge in [0.25, 0.3) is 0 Å². The van der Waals surface area contributed by atoms with E-state index >= 15 is 0 Å². The summed E-state index contributed by atoms with van der Waals surface area (Å²) in [4.78, 5) is 6.46. The summed E-state index contributed by atoms with van der Waals surface area (Å²) in [6.07, 6.45) is 5.20. The van der Waals surface area contributed by atoms with E-state index in [1.165, 1.54) is 25.7 Å². The lowest BCUT2D eigenvalue weighted by atomic mass is 9.67. The molecule has 2 aliphatic rings. The van der Waals surface area contributed by atoms with Gasteiger partial charge in [-0.1, -0.05) is 13.3 Å². The molecule has 0 amide bonds. The van der Waals surface area contributed by atoms with Gasteiger partial charge in [0.05, 0.1) is 11.5 Å². The van der Waals surface area contributed by atoms with Gasteiger partial charge in [-0.25, -0.2) is 8.42 Å². The number of rotatable bonds is 6. The lowest BCUT2D eigenvalue weighted by molar-refractivity contribution is 0.131. The molecule has 22 heavy (non-hydrogen) atoms. The van der Waals surface area contributed by atoms with Crippen LogP contribution in [-0.4, -0.2) is 70.6 Å². The third kappa shape index (κ3) is 4.84. The molecule has 1 aliphatic heterocycles. The van der Waals surface area contributed by atoms with Crippen LogP contribution in [0.1, 0.15) is 32.6 Å². The summed E-state index contributed by atoms with van der Waals surface area (Å²) in [7, 11) is -0.990. The van der Waals surface area contributed by atoms with E-state index in [2.05, 4.69) is 27.4 Å². The monoisotopic (exact) mass is 330 g/mol. The molecule has 1 aliphatic carbocycles. The summed E-state index contributed by atoms with van der Waals surface area (Å²) in [5.41, 5.74) is 0.471. The van der Waals surface area contributed by atoms with Gasteiger partial charge in [-0.3, -0.25) is 9.89 Å². The van der Waals surface area contributed by atoms with Crippen LogP contribution in [0.4, 0.5) is 0 Å². The Morgan fingerprint density at radius 1 is 1.23 bits per heavy atom. The van der Waals surface area contributed by atoms with Crippen molar-refractivity contribution in [3.8, 4) is 0 Å². The number of guanidine groups is 1. The van der Waals surface area contributed by atoms with Crippen LogP contribution >= 0.6 is 0 Å². The van der Waals surface area contributed by atoms with E-state index in [0.29, 0.717) is 30.0 Å². The number of nitrogens with zero attached hydrogens (tertiary/aromatic N) is 2. The maximum absolute atomic E-state index is 11.4. The predicted molar refractivity (Wildman–Crippen MR) is 91.0 cm³/mol. The molecule has 0 unspecified atom stereocenters. The van der Waals surface area contributed by atoms with Crippen molar-refractivity contribution in [2.45, 2.75) is 32.6 Å². The van der Waals surface area contributed by atoms with Gasteiger partial charge in [-0.05, 0) is 24.7 Å². The fourth-order valence-electron chi connectivity index (χ4n) is 3.13. The highest BCUT2D eigenvalue weighted by molar-refractivity contribution is 7.91. The minimum Gasteiger partial charge on any atom is -0.356 e. The molecule has 0 atom stereocenters. The Labute approximate surface area is 134 Å². The lowest BCUT2D eigenvalue weighted by Crippen LogP contribution is -2.48. The second-order valence-electron chi connectivity index (χ2n) is 6.55. The second kappa shape index (κ2) is 7.64. The van der Waals surface area contributed by atoms with E-state index in [4.69, 9.17) is 0 Å². The average Bonchev–Trinajstić information content (AvgIpc) is 2.46. The van der Waals surface area contributed by atoms with E-state index < -0.39 is 9.84 Å². The molecule has 0 spiro atoms. The van der Waals surface area contributed by atoms with Gasteiger partial charge in [-0.2, -0.15) is 0 Å². The Morgan fingerprint density at radius 3 is 2.41 bits per heavy atom. The van der Waals surface area contributed by atoms with Crippen LogP contribution in [0.5, 0.6) is 0 Å². The van der Waals surface area contributed by atoms with Crippen LogP contribution in [0, 0.1) is 5.41 Å². The molecule has 0 bridgehead atoms. The van der Waals surface area contributed by atoms with E-state index in [1.807, 2.05) is 0 Å². The molecular formula is C15H30N4O2S. The standard InChI is InChI=1S/C15H30N4O2S/c1-3-15(5-4-6-15)13-18-14(16-2)17-7-8-19-9-11-22(20,21)12-10-19/h3-13H2,1-2H3,(H2,16,17,18). The number of hydrogen-bond acceptors (Lipinski definition) is 4. The van der Waals surface area contributed by atoms with Crippen molar-refractivity contribution in [2.24, 2.45) is 10.4 Å². The minimum absolute atomic E-state index is 0.291. The summed E-state index contributed by atoms with van der Waals surface area (Å²) in [5, 5.41) is 6.77. The summed E-state index contributed by atoms with van der Waals surface area (Å²) in [5.74, 6) is 1.43. The smallest absolute Gasteiger partial charge is 0.191 e. The molecule has 128 valence electrons. The number of aliphatic imine (C=N–C) groups is 1. The normalized spacial score (nSPS) is 24.5. The molecule has 6 nitrogen and oxygen atoms in total. The number of hydrogen-bond donors (Lipinski definition) is 2. The Morgan fingerprint density at radius 2 is 1.91 bits per heavy atom. The molecule has 2 fully saturated rings. The summed E-state index contributed by atoms with van der Waals surface area (Å²) in [6, 6.07) is 0. The fourth-order valence-corrected chi connectivity index (χ4v) is 4.41. The van der Waals surface area contributed by atoms with Crippen molar-refractivity contribution >= 4 is 15.8 Å². The second-order valence-corrected chi connectivity index (χ2v) is 8.86. The first kappa shape index (κ1) is 17.5. The van der Waals surface area contributed by atoms with Crippen molar-refractivity contribution in [3.05, 3.63) is 0 Å². The molecular weight excluding hydrogens is 300 g/mol. The van der Waals surface area contributed by atoms with Crippen LogP contribution in [0.15, 0.2) is 4.99 Å². The maximum Gasteiger partial charge on any atom is 0.191 e. The molecule has 1 saturated carbocycles. The number of nitrogens with one attached hydrogen (secondary N) is 2. The van der Waals surface area contributed by atoms with Gasteiger partial charge >= 0.3 is 0 Å². The highest BCUT2D eigenvalue weighted by Gasteiger charge is 2.34. The van der Waals surface area contributed by atoms with Crippen molar-refractivity contribution in [2.75, 3.05) is 51.3 Å². The molecule has 1 heterocycles. The van der Waals surface area contributed by atoms with Crippen molar-refractivity contribution in [1.29, 1.82) is 0 Å². The first-order valence-electron chi connectivity index (χ1n) is 8.36. The molecule has 2 N–H and O–H groups in total. The van der Waals surface area contributed by atoms with E-state index in [-0.39, 0.29) is 0 Å². The Kier molecular flexibility index (Phi) is 6.09.